The summed E-state index contributed by atoms with van der Waals surface area (Å²) < 4.78 is 0. The second-order valence-corrected chi connectivity index (χ2v) is 5.65. The van der Waals surface area contributed by atoms with Crippen LogP contribution in [0, 0.1) is 5.92 Å². The SMILES string of the molecule is CC(C)C(N)c1nc(CC(=O)NC(CO)C(=O)O)cs1. The van der Waals surface area contributed by atoms with Crippen molar-refractivity contribution < 1.29 is 19.8 Å². The van der Waals surface area contributed by atoms with Crippen molar-refractivity contribution in [1.29, 1.82) is 0 Å². The maximum atomic E-state index is 11.6. The van der Waals surface area contributed by atoms with Crippen molar-refractivity contribution in [3.63, 3.8) is 0 Å². The van der Waals surface area contributed by atoms with Gasteiger partial charge in [0.05, 0.1) is 24.8 Å². The summed E-state index contributed by atoms with van der Waals surface area (Å²) in [5, 5.41) is 22.2. The molecule has 0 saturated heterocycles. The van der Waals surface area contributed by atoms with Crippen molar-refractivity contribution in [3.8, 4) is 0 Å². The van der Waals surface area contributed by atoms with Crippen LogP contribution < -0.4 is 11.1 Å². The van der Waals surface area contributed by atoms with E-state index in [2.05, 4.69) is 10.3 Å². The van der Waals surface area contributed by atoms with Crippen LogP contribution in [0.2, 0.25) is 0 Å². The van der Waals surface area contributed by atoms with Gasteiger partial charge in [-0.05, 0) is 5.92 Å². The Bertz CT molecular complexity index is 475. The Hall–Kier alpha value is -1.51. The summed E-state index contributed by atoms with van der Waals surface area (Å²) in [6, 6.07) is -1.47. The van der Waals surface area contributed by atoms with Crippen LogP contribution in [0.1, 0.15) is 30.6 Å². The lowest BCUT2D eigenvalue weighted by atomic mass is 10.1. The lowest BCUT2D eigenvalue weighted by Gasteiger charge is -2.12. The van der Waals surface area contributed by atoms with Crippen LogP contribution in [0.15, 0.2) is 5.38 Å². The van der Waals surface area contributed by atoms with Gasteiger partial charge in [0, 0.05) is 5.38 Å². The second-order valence-electron chi connectivity index (χ2n) is 4.76. The Kier molecular flexibility index (Phi) is 6.05. The number of nitrogens with two attached hydrogens (primary N) is 1. The molecule has 2 atom stereocenters. The van der Waals surface area contributed by atoms with E-state index in [1.165, 1.54) is 11.3 Å². The van der Waals surface area contributed by atoms with E-state index in [0.717, 1.165) is 5.01 Å². The number of thiazole rings is 1. The van der Waals surface area contributed by atoms with E-state index in [9.17, 15) is 9.59 Å². The summed E-state index contributed by atoms with van der Waals surface area (Å²) in [7, 11) is 0. The summed E-state index contributed by atoms with van der Waals surface area (Å²) in [6.45, 7) is 3.32. The number of carboxylic acids is 1. The van der Waals surface area contributed by atoms with Gasteiger partial charge >= 0.3 is 5.97 Å². The topological polar surface area (TPSA) is 126 Å². The molecule has 112 valence electrons. The molecule has 2 unspecified atom stereocenters. The van der Waals surface area contributed by atoms with Crippen LogP contribution in [-0.2, 0) is 16.0 Å². The number of hydrogen-bond donors (Lipinski definition) is 4. The third-order valence-electron chi connectivity index (χ3n) is 2.73. The highest BCUT2D eigenvalue weighted by Gasteiger charge is 2.20. The number of amides is 1. The van der Waals surface area contributed by atoms with Gasteiger partial charge < -0.3 is 21.3 Å². The number of aliphatic carboxylic acids is 1. The summed E-state index contributed by atoms with van der Waals surface area (Å²) in [5.74, 6) is -1.53. The maximum absolute atomic E-state index is 11.6. The standard InChI is InChI=1S/C12H19N3O4S/c1-6(2)10(13)11-14-7(5-20-11)3-9(17)15-8(4-16)12(18)19/h5-6,8,10,16H,3-4,13H2,1-2H3,(H,15,17)(H,18,19). The van der Waals surface area contributed by atoms with E-state index in [1.807, 2.05) is 13.8 Å². The van der Waals surface area contributed by atoms with E-state index in [1.54, 1.807) is 5.38 Å². The Labute approximate surface area is 120 Å². The van der Waals surface area contributed by atoms with Crippen molar-refractivity contribution in [3.05, 3.63) is 16.1 Å². The number of carboxylic acid groups (broad SMARTS) is 1. The smallest absolute Gasteiger partial charge is 0.328 e. The van der Waals surface area contributed by atoms with Crippen molar-refractivity contribution in [2.24, 2.45) is 11.7 Å². The minimum atomic E-state index is -1.29. The van der Waals surface area contributed by atoms with Crippen LogP contribution in [0.3, 0.4) is 0 Å². The molecule has 1 amide bonds. The Morgan fingerprint density at radius 1 is 1.50 bits per heavy atom. The zero-order valence-electron chi connectivity index (χ0n) is 11.4. The molecule has 7 nitrogen and oxygen atoms in total. The van der Waals surface area contributed by atoms with Gasteiger partial charge in [0.15, 0.2) is 0 Å². The van der Waals surface area contributed by atoms with Gasteiger partial charge in [-0.15, -0.1) is 11.3 Å². The molecule has 0 saturated carbocycles. The minimum absolute atomic E-state index is 0.0366. The number of aromatic nitrogens is 1. The predicted octanol–water partition coefficient (Wildman–Crippen LogP) is -0.0969. The molecule has 0 aliphatic carbocycles. The number of carbonyl (C=O) groups excluding carboxylic acids is 1. The van der Waals surface area contributed by atoms with Gasteiger partial charge in [0.2, 0.25) is 5.91 Å². The molecule has 0 aromatic carbocycles. The van der Waals surface area contributed by atoms with Crippen LogP contribution >= 0.6 is 11.3 Å². The van der Waals surface area contributed by atoms with Crippen LogP contribution in [0.5, 0.6) is 0 Å². The predicted molar refractivity (Wildman–Crippen MR) is 74.2 cm³/mol. The molecule has 0 aliphatic rings. The van der Waals surface area contributed by atoms with Gasteiger partial charge in [0.1, 0.15) is 11.0 Å². The Morgan fingerprint density at radius 3 is 2.65 bits per heavy atom. The minimum Gasteiger partial charge on any atom is -0.480 e. The molecule has 8 heteroatoms. The largest absolute Gasteiger partial charge is 0.480 e. The van der Waals surface area contributed by atoms with Crippen molar-refractivity contribution in [2.75, 3.05) is 6.61 Å². The molecule has 5 N–H and O–H groups in total. The zero-order valence-corrected chi connectivity index (χ0v) is 12.2. The lowest BCUT2D eigenvalue weighted by molar-refractivity contribution is -0.142. The van der Waals surface area contributed by atoms with E-state index < -0.39 is 24.5 Å². The number of rotatable bonds is 7. The van der Waals surface area contributed by atoms with E-state index in [-0.39, 0.29) is 18.4 Å². The first-order valence-corrected chi connectivity index (χ1v) is 7.06. The number of carbonyl (C=O) groups is 2. The molecular weight excluding hydrogens is 282 g/mol. The third-order valence-corrected chi connectivity index (χ3v) is 3.73. The van der Waals surface area contributed by atoms with Crippen molar-refractivity contribution in [2.45, 2.75) is 32.4 Å². The number of aliphatic hydroxyl groups is 1. The van der Waals surface area contributed by atoms with E-state index >= 15 is 0 Å². The van der Waals surface area contributed by atoms with Gasteiger partial charge in [0.25, 0.3) is 0 Å². The summed E-state index contributed by atoms with van der Waals surface area (Å²) in [6.07, 6.45) is -0.0366. The van der Waals surface area contributed by atoms with Gasteiger partial charge in [-0.3, -0.25) is 4.79 Å². The van der Waals surface area contributed by atoms with E-state index in [4.69, 9.17) is 15.9 Å². The molecular formula is C12H19N3O4S. The number of nitrogens with one attached hydrogen (secondary N) is 1. The fraction of sp³-hybridized carbons (Fsp3) is 0.583. The summed E-state index contributed by atoms with van der Waals surface area (Å²) in [4.78, 5) is 26.6. The molecule has 0 fully saturated rings. The fourth-order valence-electron chi connectivity index (χ4n) is 1.44. The average Bonchev–Trinajstić information content (AvgIpc) is 2.82. The molecule has 0 spiro atoms. The quantitative estimate of drug-likeness (QED) is 0.557. The maximum Gasteiger partial charge on any atom is 0.328 e. The number of nitrogens with zero attached hydrogens (tertiary/aromatic N) is 1. The van der Waals surface area contributed by atoms with Crippen LogP contribution in [0.25, 0.3) is 0 Å². The molecule has 20 heavy (non-hydrogen) atoms. The highest BCUT2D eigenvalue weighted by molar-refractivity contribution is 7.09. The molecule has 1 rings (SSSR count). The highest BCUT2D eigenvalue weighted by atomic mass is 32.1. The lowest BCUT2D eigenvalue weighted by Crippen LogP contribution is -2.44. The molecule has 0 aliphatic heterocycles. The fourth-order valence-corrected chi connectivity index (χ4v) is 2.43. The van der Waals surface area contributed by atoms with Gasteiger partial charge in [-0.2, -0.15) is 0 Å². The second kappa shape index (κ2) is 7.32. The zero-order chi connectivity index (χ0) is 15.3. The number of aliphatic hydroxyl groups excluding tert-OH is 1. The van der Waals surface area contributed by atoms with Gasteiger partial charge in [-0.1, -0.05) is 13.8 Å². The van der Waals surface area contributed by atoms with Crippen molar-refractivity contribution >= 4 is 23.2 Å². The third kappa shape index (κ3) is 4.55. The number of hydrogen-bond acceptors (Lipinski definition) is 6. The molecule has 0 bridgehead atoms. The Balaban J connectivity index is 2.61. The van der Waals surface area contributed by atoms with Gasteiger partial charge in [-0.25, -0.2) is 9.78 Å². The molecule has 1 heterocycles. The molecule has 0 radical (unpaired) electrons. The average molecular weight is 301 g/mol. The Morgan fingerprint density at radius 2 is 2.15 bits per heavy atom. The molecule has 1 aromatic rings. The van der Waals surface area contributed by atoms with E-state index in [0.29, 0.717) is 5.69 Å². The highest BCUT2D eigenvalue weighted by Crippen LogP contribution is 2.22. The molecule has 1 aromatic heterocycles. The normalized spacial score (nSPS) is 14.1. The van der Waals surface area contributed by atoms with Crippen LogP contribution in [0.4, 0.5) is 0 Å². The summed E-state index contributed by atoms with van der Waals surface area (Å²) >= 11 is 1.38. The monoisotopic (exact) mass is 301 g/mol. The first-order valence-electron chi connectivity index (χ1n) is 6.18. The first-order chi connectivity index (χ1) is 9.35. The first kappa shape index (κ1) is 16.5. The summed E-state index contributed by atoms with van der Waals surface area (Å²) in [5.41, 5.74) is 6.50. The van der Waals surface area contributed by atoms with Crippen LogP contribution in [-0.4, -0.2) is 39.7 Å². The van der Waals surface area contributed by atoms with Crippen molar-refractivity contribution in [1.82, 2.24) is 10.3 Å².